The maximum Gasteiger partial charge on any atom is -0.0149 e. The largest absolute Gasteiger partial charge is 0.0638 e. The Balaban J connectivity index is 0. The zero-order chi connectivity index (χ0) is 5.70. The van der Waals surface area contributed by atoms with Crippen LogP contribution in [0.3, 0.4) is 0 Å². The quantitative estimate of drug-likeness (QED) is 0.587. The zero-order valence-electron chi connectivity index (χ0n) is 4.87. The zero-order valence-corrected chi connectivity index (χ0v) is 6.46. The van der Waals surface area contributed by atoms with E-state index in [0.717, 1.165) is 0 Å². The lowest BCUT2D eigenvalue weighted by atomic mass is 10.2. The van der Waals surface area contributed by atoms with E-state index in [-0.39, 0.29) is 11.0 Å². The first-order valence-corrected chi connectivity index (χ1v) is 3.54. The molecule has 0 aliphatic rings. The molecular formula is C6H15BrSi. The van der Waals surface area contributed by atoms with Crippen LogP contribution in [0.25, 0.3) is 0 Å². The molecule has 0 rings (SSSR count). The Hall–Kier alpha value is 0.437. The summed E-state index contributed by atoms with van der Waals surface area (Å²) in [7, 11) is 0. The van der Waals surface area contributed by atoms with Crippen molar-refractivity contribution in [2.45, 2.75) is 26.7 Å². The molecule has 0 atom stereocenters. The maximum atomic E-state index is 3.27. The molecule has 0 heterocycles. The molecule has 2 heteroatoms. The fourth-order valence-electron chi connectivity index (χ4n) is 0.404. The molecular weight excluding hydrogens is 180 g/mol. The summed E-state index contributed by atoms with van der Waals surface area (Å²) in [5, 5.41) is 0. The monoisotopic (exact) mass is 194 g/mol. The number of hydrogen-bond donors (Lipinski definition) is 0. The van der Waals surface area contributed by atoms with Gasteiger partial charge in [0.1, 0.15) is 0 Å². The van der Waals surface area contributed by atoms with E-state index in [2.05, 4.69) is 29.8 Å². The molecule has 0 spiro atoms. The van der Waals surface area contributed by atoms with Gasteiger partial charge in [-0.1, -0.05) is 35.4 Å². The summed E-state index contributed by atoms with van der Waals surface area (Å²) in [4.78, 5) is 2.01. The Labute approximate surface area is 64.5 Å². The van der Waals surface area contributed by atoms with E-state index in [0.29, 0.717) is 0 Å². The van der Waals surface area contributed by atoms with Crippen molar-refractivity contribution in [1.29, 1.82) is 0 Å². The van der Waals surface area contributed by atoms with Crippen LogP contribution in [0.1, 0.15) is 26.7 Å². The predicted molar refractivity (Wildman–Crippen MR) is 48.9 cm³/mol. The Morgan fingerprint density at radius 1 is 1.38 bits per heavy atom. The average Bonchev–Trinajstić information content (AvgIpc) is 1.72. The van der Waals surface area contributed by atoms with Crippen LogP contribution in [0.4, 0.5) is 0 Å². The van der Waals surface area contributed by atoms with Gasteiger partial charge in [0.15, 0.2) is 0 Å². The van der Waals surface area contributed by atoms with E-state index in [1.807, 2.05) is 4.99 Å². The molecule has 0 unspecified atom stereocenters. The van der Waals surface area contributed by atoms with Crippen LogP contribution < -0.4 is 0 Å². The first kappa shape index (κ1) is 11.3. The minimum Gasteiger partial charge on any atom is -0.0638 e. The molecule has 0 aromatic heterocycles. The van der Waals surface area contributed by atoms with Gasteiger partial charge in [0.2, 0.25) is 0 Å². The molecule has 0 aliphatic heterocycles. The molecule has 8 heavy (non-hydrogen) atoms. The van der Waals surface area contributed by atoms with Crippen LogP contribution >= 0.6 is 15.9 Å². The highest BCUT2D eigenvalue weighted by Crippen LogP contribution is 2.06. The van der Waals surface area contributed by atoms with Gasteiger partial charge >= 0.3 is 0 Å². The molecule has 0 amide bonds. The van der Waals surface area contributed by atoms with E-state index in [4.69, 9.17) is 0 Å². The summed E-state index contributed by atoms with van der Waals surface area (Å²) in [6.45, 7) is 4.33. The van der Waals surface area contributed by atoms with Gasteiger partial charge in [0.05, 0.1) is 0 Å². The molecule has 0 nitrogen and oxygen atoms in total. The highest BCUT2D eigenvalue weighted by molar-refractivity contribution is 9.11. The molecule has 0 saturated heterocycles. The third-order valence-corrected chi connectivity index (χ3v) is 1.71. The lowest BCUT2D eigenvalue weighted by Crippen LogP contribution is -1.71. The van der Waals surface area contributed by atoms with Crippen molar-refractivity contribution >= 4 is 26.9 Å². The van der Waals surface area contributed by atoms with Crippen LogP contribution in [-0.4, -0.2) is 11.0 Å². The van der Waals surface area contributed by atoms with E-state index >= 15 is 0 Å². The van der Waals surface area contributed by atoms with Gasteiger partial charge in [-0.3, -0.25) is 0 Å². The smallest absolute Gasteiger partial charge is 0.0149 e. The molecule has 0 saturated carbocycles. The van der Waals surface area contributed by atoms with Gasteiger partial charge in [-0.2, -0.15) is 0 Å². The highest BCUT2D eigenvalue weighted by Gasteiger charge is 1.83. The van der Waals surface area contributed by atoms with Crippen molar-refractivity contribution in [3.05, 3.63) is 10.6 Å². The lowest BCUT2D eigenvalue weighted by Gasteiger charge is -1.92. The van der Waals surface area contributed by atoms with Gasteiger partial charge in [-0.15, -0.1) is 0 Å². The third kappa shape index (κ3) is 4.59. The van der Waals surface area contributed by atoms with Gasteiger partial charge in [-0.05, 0) is 28.8 Å². The second kappa shape index (κ2) is 7.44. The Morgan fingerprint density at radius 3 is 1.75 bits per heavy atom. The third-order valence-electron chi connectivity index (χ3n) is 1.06. The predicted octanol–water partition coefficient (Wildman–Crippen LogP) is 1.63. The Kier molecular flexibility index (Phi) is 10.5. The van der Waals surface area contributed by atoms with Crippen LogP contribution in [0.2, 0.25) is 0 Å². The molecule has 0 fully saturated rings. The molecule has 0 aromatic rings. The van der Waals surface area contributed by atoms with Crippen molar-refractivity contribution in [2.75, 3.05) is 0 Å². The van der Waals surface area contributed by atoms with Gasteiger partial charge in [0, 0.05) is 0 Å². The number of hydrogen-bond acceptors (Lipinski definition) is 0. The minimum absolute atomic E-state index is 0. The Morgan fingerprint density at radius 2 is 1.75 bits per heavy atom. The number of rotatable bonds is 2. The van der Waals surface area contributed by atoms with Crippen molar-refractivity contribution in [3.63, 3.8) is 0 Å². The molecule has 50 valence electrons. The van der Waals surface area contributed by atoms with Crippen molar-refractivity contribution in [1.82, 2.24) is 0 Å². The average molecular weight is 195 g/mol. The summed E-state index contributed by atoms with van der Waals surface area (Å²) in [5.41, 5.74) is 1.47. The van der Waals surface area contributed by atoms with Crippen molar-refractivity contribution in [2.24, 2.45) is 0 Å². The molecule has 0 radical (unpaired) electrons. The lowest BCUT2D eigenvalue weighted by molar-refractivity contribution is 0.984. The highest BCUT2D eigenvalue weighted by atomic mass is 79.9. The molecule has 0 N–H and O–H groups in total. The van der Waals surface area contributed by atoms with Crippen LogP contribution in [0.15, 0.2) is 10.6 Å². The fraction of sp³-hybridized carbons (Fsp3) is 0.667. The number of allylic oxidation sites excluding steroid dienone is 1. The van der Waals surface area contributed by atoms with Crippen molar-refractivity contribution in [3.8, 4) is 0 Å². The first-order chi connectivity index (χ1) is 3.35. The fourth-order valence-corrected chi connectivity index (χ4v) is 1.05. The summed E-state index contributed by atoms with van der Waals surface area (Å²) in [6, 6.07) is 0. The number of halogens is 1. The normalized spacial score (nSPS) is 7.38. The minimum atomic E-state index is 0. The topological polar surface area (TPSA) is 0 Å². The first-order valence-electron chi connectivity index (χ1n) is 2.63. The molecule has 0 aliphatic carbocycles. The summed E-state index contributed by atoms with van der Waals surface area (Å²) in [6.07, 6.45) is 2.34. The second-order valence-electron chi connectivity index (χ2n) is 1.47. The van der Waals surface area contributed by atoms with Crippen LogP contribution in [0.5, 0.6) is 0 Å². The van der Waals surface area contributed by atoms with Gasteiger partial charge in [0.25, 0.3) is 0 Å². The standard InChI is InChI=1S/C6H11Br.H4Si/c1-3-6(4-2)5-7;/h5H,3-4H2,1-2H3;1H4. The van der Waals surface area contributed by atoms with Crippen molar-refractivity contribution < 1.29 is 0 Å². The van der Waals surface area contributed by atoms with E-state index in [1.54, 1.807) is 0 Å². The summed E-state index contributed by atoms with van der Waals surface area (Å²) < 4.78 is 0. The summed E-state index contributed by atoms with van der Waals surface area (Å²) >= 11 is 3.27. The van der Waals surface area contributed by atoms with E-state index in [9.17, 15) is 0 Å². The van der Waals surface area contributed by atoms with E-state index in [1.165, 1.54) is 18.4 Å². The van der Waals surface area contributed by atoms with E-state index < -0.39 is 0 Å². The summed E-state index contributed by atoms with van der Waals surface area (Å²) in [5.74, 6) is 0. The van der Waals surface area contributed by atoms with Gasteiger partial charge in [-0.25, -0.2) is 0 Å². The Bertz CT molecular complexity index is 62.9. The molecule has 0 aromatic carbocycles. The molecule has 0 bridgehead atoms. The van der Waals surface area contributed by atoms with Gasteiger partial charge < -0.3 is 0 Å². The maximum absolute atomic E-state index is 3.27. The van der Waals surface area contributed by atoms with Crippen LogP contribution in [-0.2, 0) is 0 Å². The van der Waals surface area contributed by atoms with Crippen LogP contribution in [0, 0.1) is 0 Å². The SMILES string of the molecule is CCC(=CBr)CC.[SiH4]. The second-order valence-corrected chi connectivity index (χ2v) is 1.93.